The number of aryl methyl sites for hydroxylation is 1. The van der Waals surface area contributed by atoms with Crippen LogP contribution in [0.2, 0.25) is 0 Å². The number of fused-ring (bicyclic) bond motifs is 3. The maximum absolute atomic E-state index is 13.6. The molecule has 168 valence electrons. The molecule has 3 aromatic rings. The molecule has 1 aliphatic carbocycles. The van der Waals surface area contributed by atoms with Crippen LogP contribution in [0.3, 0.4) is 0 Å². The minimum absolute atomic E-state index is 0.140. The SMILES string of the molecule is COc1cc2c(cc1OC)-c1c(c(C(=O)N(C)C(C)(C)C)nn1-c1ccc(F)cc1)CC2. The summed E-state index contributed by atoms with van der Waals surface area (Å²) < 4.78 is 26.4. The maximum Gasteiger partial charge on any atom is 0.274 e. The minimum Gasteiger partial charge on any atom is -0.493 e. The summed E-state index contributed by atoms with van der Waals surface area (Å²) >= 11 is 0. The Morgan fingerprint density at radius 3 is 2.28 bits per heavy atom. The lowest BCUT2D eigenvalue weighted by Crippen LogP contribution is -2.43. The summed E-state index contributed by atoms with van der Waals surface area (Å²) in [5.41, 5.74) is 4.47. The molecule has 0 N–H and O–H groups in total. The van der Waals surface area contributed by atoms with Gasteiger partial charge in [0.05, 0.1) is 25.6 Å². The lowest BCUT2D eigenvalue weighted by molar-refractivity contribution is 0.0648. The second-order valence-electron chi connectivity index (χ2n) is 8.96. The van der Waals surface area contributed by atoms with Crippen molar-refractivity contribution in [2.75, 3.05) is 21.3 Å². The van der Waals surface area contributed by atoms with Gasteiger partial charge in [-0.2, -0.15) is 5.10 Å². The predicted molar refractivity (Wildman–Crippen MR) is 121 cm³/mol. The molecule has 0 spiro atoms. The number of hydrogen-bond acceptors (Lipinski definition) is 4. The largest absolute Gasteiger partial charge is 0.493 e. The van der Waals surface area contributed by atoms with Gasteiger partial charge in [0, 0.05) is 23.7 Å². The van der Waals surface area contributed by atoms with E-state index in [1.807, 2.05) is 32.9 Å². The summed E-state index contributed by atoms with van der Waals surface area (Å²) in [7, 11) is 5.00. The first-order chi connectivity index (χ1) is 15.2. The van der Waals surface area contributed by atoms with Gasteiger partial charge in [0.2, 0.25) is 0 Å². The average molecular weight is 438 g/mol. The van der Waals surface area contributed by atoms with Crippen LogP contribution in [0.25, 0.3) is 16.9 Å². The molecular weight excluding hydrogens is 409 g/mol. The van der Waals surface area contributed by atoms with Crippen LogP contribution >= 0.6 is 0 Å². The molecule has 2 aromatic carbocycles. The lowest BCUT2D eigenvalue weighted by Gasteiger charge is -2.31. The van der Waals surface area contributed by atoms with Crippen molar-refractivity contribution in [2.24, 2.45) is 0 Å². The Labute approximate surface area is 187 Å². The Balaban J connectivity index is 1.97. The normalized spacial score (nSPS) is 12.7. The molecular formula is C25H28FN3O3. The zero-order valence-corrected chi connectivity index (χ0v) is 19.3. The first kappa shape index (κ1) is 21.9. The Morgan fingerprint density at radius 2 is 1.69 bits per heavy atom. The number of benzene rings is 2. The van der Waals surface area contributed by atoms with E-state index in [1.54, 1.807) is 43.0 Å². The van der Waals surface area contributed by atoms with E-state index in [4.69, 9.17) is 14.6 Å². The summed E-state index contributed by atoms with van der Waals surface area (Å²) in [6.07, 6.45) is 1.41. The van der Waals surface area contributed by atoms with E-state index in [-0.39, 0.29) is 17.3 Å². The molecule has 32 heavy (non-hydrogen) atoms. The van der Waals surface area contributed by atoms with E-state index < -0.39 is 0 Å². The van der Waals surface area contributed by atoms with Gasteiger partial charge in [-0.25, -0.2) is 9.07 Å². The van der Waals surface area contributed by atoms with Crippen molar-refractivity contribution >= 4 is 5.91 Å². The van der Waals surface area contributed by atoms with Gasteiger partial charge < -0.3 is 14.4 Å². The highest BCUT2D eigenvalue weighted by Crippen LogP contribution is 2.42. The van der Waals surface area contributed by atoms with Crippen molar-refractivity contribution in [3.05, 3.63) is 59.0 Å². The van der Waals surface area contributed by atoms with E-state index in [1.165, 1.54) is 12.1 Å². The Bertz CT molecular complexity index is 1180. The second kappa shape index (κ2) is 7.97. The van der Waals surface area contributed by atoms with Gasteiger partial charge in [-0.15, -0.1) is 0 Å². The third-order valence-electron chi connectivity index (χ3n) is 6.08. The van der Waals surface area contributed by atoms with Crippen LogP contribution in [0.4, 0.5) is 4.39 Å². The topological polar surface area (TPSA) is 56.6 Å². The number of carbonyl (C=O) groups is 1. The van der Waals surface area contributed by atoms with Crippen molar-refractivity contribution in [1.82, 2.24) is 14.7 Å². The van der Waals surface area contributed by atoms with E-state index in [2.05, 4.69) is 0 Å². The molecule has 1 aliphatic rings. The molecule has 0 unspecified atom stereocenters. The number of halogens is 1. The quantitative estimate of drug-likeness (QED) is 0.596. The Hall–Kier alpha value is -3.35. The Kier molecular flexibility index (Phi) is 5.44. The fourth-order valence-corrected chi connectivity index (χ4v) is 3.98. The number of nitrogens with zero attached hydrogens (tertiary/aromatic N) is 3. The van der Waals surface area contributed by atoms with Gasteiger partial charge in [-0.05, 0) is 75.6 Å². The van der Waals surface area contributed by atoms with Crippen LogP contribution in [-0.4, -0.2) is 47.4 Å². The number of ether oxygens (including phenoxy) is 2. The number of carbonyl (C=O) groups excluding carboxylic acids is 1. The molecule has 0 saturated heterocycles. The summed E-state index contributed by atoms with van der Waals surface area (Å²) in [5.74, 6) is 0.792. The summed E-state index contributed by atoms with van der Waals surface area (Å²) in [6.45, 7) is 5.96. The van der Waals surface area contributed by atoms with Crippen molar-refractivity contribution in [1.29, 1.82) is 0 Å². The van der Waals surface area contributed by atoms with E-state index >= 15 is 0 Å². The fourth-order valence-electron chi connectivity index (χ4n) is 3.98. The first-order valence-electron chi connectivity index (χ1n) is 10.6. The molecule has 1 heterocycles. The van der Waals surface area contributed by atoms with Crippen molar-refractivity contribution in [3.63, 3.8) is 0 Å². The minimum atomic E-state index is -0.354. The highest BCUT2D eigenvalue weighted by atomic mass is 19.1. The summed E-state index contributed by atoms with van der Waals surface area (Å²) in [5, 5.41) is 4.75. The molecule has 7 heteroatoms. The molecule has 0 atom stereocenters. The van der Waals surface area contributed by atoms with Gasteiger partial charge in [0.25, 0.3) is 5.91 Å². The van der Waals surface area contributed by atoms with Crippen LogP contribution in [0.5, 0.6) is 11.5 Å². The van der Waals surface area contributed by atoms with Crippen LogP contribution in [0.1, 0.15) is 42.4 Å². The van der Waals surface area contributed by atoms with Crippen LogP contribution in [0, 0.1) is 5.82 Å². The van der Waals surface area contributed by atoms with Gasteiger partial charge >= 0.3 is 0 Å². The molecule has 0 radical (unpaired) electrons. The smallest absolute Gasteiger partial charge is 0.274 e. The number of methoxy groups -OCH3 is 2. The number of aromatic nitrogens is 2. The van der Waals surface area contributed by atoms with Gasteiger partial charge in [0.15, 0.2) is 17.2 Å². The van der Waals surface area contributed by atoms with E-state index in [0.717, 1.165) is 28.8 Å². The number of hydrogen-bond donors (Lipinski definition) is 0. The van der Waals surface area contributed by atoms with Crippen molar-refractivity contribution in [3.8, 4) is 28.4 Å². The molecule has 0 aliphatic heterocycles. The molecule has 4 rings (SSSR count). The molecule has 6 nitrogen and oxygen atoms in total. The maximum atomic E-state index is 13.6. The number of amides is 1. The summed E-state index contributed by atoms with van der Waals surface area (Å²) in [4.78, 5) is 15.1. The van der Waals surface area contributed by atoms with Crippen LogP contribution in [0.15, 0.2) is 36.4 Å². The third-order valence-corrected chi connectivity index (χ3v) is 6.08. The van der Waals surface area contributed by atoms with E-state index in [0.29, 0.717) is 29.3 Å². The van der Waals surface area contributed by atoms with Crippen molar-refractivity contribution in [2.45, 2.75) is 39.2 Å². The third kappa shape index (κ3) is 3.61. The first-order valence-corrected chi connectivity index (χ1v) is 10.6. The molecule has 0 saturated carbocycles. The Morgan fingerprint density at radius 1 is 1.06 bits per heavy atom. The summed E-state index contributed by atoms with van der Waals surface area (Å²) in [6, 6.07) is 10.0. The van der Waals surface area contributed by atoms with Gasteiger partial charge in [-0.1, -0.05) is 0 Å². The highest BCUT2D eigenvalue weighted by Gasteiger charge is 2.33. The van der Waals surface area contributed by atoms with E-state index in [9.17, 15) is 9.18 Å². The molecule has 0 fully saturated rings. The van der Waals surface area contributed by atoms with Crippen LogP contribution < -0.4 is 9.47 Å². The fraction of sp³-hybridized carbons (Fsp3) is 0.360. The second-order valence-corrected chi connectivity index (χ2v) is 8.96. The molecule has 0 bridgehead atoms. The zero-order valence-electron chi connectivity index (χ0n) is 19.3. The monoisotopic (exact) mass is 437 g/mol. The van der Waals surface area contributed by atoms with Gasteiger partial charge in [-0.3, -0.25) is 4.79 Å². The standard InChI is InChI=1S/C25H28FN3O3/c1-25(2,3)28(4)24(30)22-18-12-7-15-13-20(31-5)21(32-6)14-19(15)23(18)29(27-22)17-10-8-16(26)9-11-17/h8-11,13-14H,7,12H2,1-6H3. The van der Waals surface area contributed by atoms with Gasteiger partial charge in [0.1, 0.15) is 5.82 Å². The van der Waals surface area contributed by atoms with Crippen molar-refractivity contribution < 1.29 is 18.7 Å². The van der Waals surface area contributed by atoms with Crippen LogP contribution in [-0.2, 0) is 12.8 Å². The zero-order chi connectivity index (χ0) is 23.2. The predicted octanol–water partition coefficient (Wildman–Crippen LogP) is 4.66. The molecule has 1 amide bonds. The lowest BCUT2D eigenvalue weighted by atomic mass is 9.88. The average Bonchev–Trinajstić information content (AvgIpc) is 3.17. The number of rotatable bonds is 4. The molecule has 1 aromatic heterocycles. The highest BCUT2D eigenvalue weighted by molar-refractivity contribution is 5.97.